The topological polar surface area (TPSA) is 38.5 Å². The molecule has 1 aliphatic rings. The van der Waals surface area contributed by atoms with Crippen molar-refractivity contribution in [2.45, 2.75) is 25.8 Å². The van der Waals surface area contributed by atoms with Crippen LogP contribution < -0.4 is 10.5 Å². The number of likely N-dealkylation sites (tertiary alicyclic amines) is 1. The number of hydrogen-bond acceptors (Lipinski definition) is 3. The summed E-state index contributed by atoms with van der Waals surface area (Å²) in [5.74, 6) is 1.62. The Morgan fingerprint density at radius 1 is 1.39 bits per heavy atom. The summed E-state index contributed by atoms with van der Waals surface area (Å²) in [6, 6.07) is 8.22. The summed E-state index contributed by atoms with van der Waals surface area (Å²) in [4.78, 5) is 2.39. The third kappa shape index (κ3) is 3.72. The van der Waals surface area contributed by atoms with Crippen LogP contribution in [0.15, 0.2) is 24.3 Å². The van der Waals surface area contributed by atoms with Crippen LogP contribution in [0.3, 0.4) is 0 Å². The molecule has 0 aliphatic carbocycles. The van der Waals surface area contributed by atoms with E-state index in [9.17, 15) is 0 Å². The molecule has 0 spiro atoms. The molecule has 2 rings (SSSR count). The Kier molecular flexibility index (Phi) is 4.61. The molecule has 0 bridgehead atoms. The number of nitrogens with two attached hydrogens (primary N) is 1. The van der Waals surface area contributed by atoms with Gasteiger partial charge in [-0.3, -0.25) is 0 Å². The molecule has 1 heterocycles. The first kappa shape index (κ1) is 13.4. The third-order valence-electron chi connectivity index (χ3n) is 3.61. The van der Waals surface area contributed by atoms with Crippen LogP contribution in [-0.2, 0) is 0 Å². The highest BCUT2D eigenvalue weighted by Gasteiger charge is 2.17. The molecule has 100 valence electrons. The highest BCUT2D eigenvalue weighted by molar-refractivity contribution is 5.28. The predicted molar refractivity (Wildman–Crippen MR) is 74.8 cm³/mol. The maximum absolute atomic E-state index is 5.86. The van der Waals surface area contributed by atoms with Crippen LogP contribution in [0.25, 0.3) is 0 Å². The van der Waals surface area contributed by atoms with Gasteiger partial charge in [-0.15, -0.1) is 0 Å². The molecule has 1 aliphatic heterocycles. The van der Waals surface area contributed by atoms with Crippen LogP contribution in [0.5, 0.6) is 5.75 Å². The Hall–Kier alpha value is -1.06. The van der Waals surface area contributed by atoms with E-state index in [0.717, 1.165) is 24.5 Å². The summed E-state index contributed by atoms with van der Waals surface area (Å²) >= 11 is 0. The Labute approximate surface area is 110 Å². The Morgan fingerprint density at radius 3 is 2.72 bits per heavy atom. The molecule has 1 aromatic carbocycles. The summed E-state index contributed by atoms with van der Waals surface area (Å²) in [5.41, 5.74) is 6.98. The summed E-state index contributed by atoms with van der Waals surface area (Å²) in [6.07, 6.45) is 2.57. The lowest BCUT2D eigenvalue weighted by atomic mass is 9.99. The largest absolute Gasteiger partial charge is 0.493 e. The number of nitrogens with zero attached hydrogens (tertiary/aromatic N) is 1. The van der Waals surface area contributed by atoms with E-state index in [4.69, 9.17) is 10.5 Å². The van der Waals surface area contributed by atoms with E-state index in [1.165, 1.54) is 19.4 Å². The average molecular weight is 248 g/mol. The van der Waals surface area contributed by atoms with E-state index in [2.05, 4.69) is 11.9 Å². The molecule has 0 saturated carbocycles. The van der Waals surface area contributed by atoms with Crippen LogP contribution in [0, 0.1) is 5.92 Å². The Balaban J connectivity index is 1.82. The van der Waals surface area contributed by atoms with Gasteiger partial charge >= 0.3 is 0 Å². The van der Waals surface area contributed by atoms with Crippen molar-refractivity contribution in [2.24, 2.45) is 11.7 Å². The van der Waals surface area contributed by atoms with Gasteiger partial charge in [-0.1, -0.05) is 12.1 Å². The average Bonchev–Trinajstić information content (AvgIpc) is 2.37. The van der Waals surface area contributed by atoms with Crippen LogP contribution in [0.1, 0.15) is 31.4 Å². The fraction of sp³-hybridized carbons (Fsp3) is 0.600. The summed E-state index contributed by atoms with van der Waals surface area (Å²) in [5, 5.41) is 0. The van der Waals surface area contributed by atoms with Gasteiger partial charge in [0.25, 0.3) is 0 Å². The first-order chi connectivity index (χ1) is 8.65. The fourth-order valence-electron chi connectivity index (χ4n) is 2.49. The van der Waals surface area contributed by atoms with Crippen LogP contribution >= 0.6 is 0 Å². The molecular formula is C15H24N2O. The van der Waals surface area contributed by atoms with E-state index < -0.39 is 0 Å². The van der Waals surface area contributed by atoms with E-state index in [1.54, 1.807) is 0 Å². The monoisotopic (exact) mass is 248 g/mol. The number of benzene rings is 1. The van der Waals surface area contributed by atoms with Crippen molar-refractivity contribution in [1.29, 1.82) is 0 Å². The van der Waals surface area contributed by atoms with Crippen LogP contribution in [0.4, 0.5) is 0 Å². The molecule has 0 amide bonds. The lowest BCUT2D eigenvalue weighted by Crippen LogP contribution is -2.34. The van der Waals surface area contributed by atoms with Gasteiger partial charge in [-0.25, -0.2) is 0 Å². The molecule has 1 fully saturated rings. The van der Waals surface area contributed by atoms with E-state index >= 15 is 0 Å². The van der Waals surface area contributed by atoms with Crippen molar-refractivity contribution in [2.75, 3.05) is 26.7 Å². The van der Waals surface area contributed by atoms with Crippen molar-refractivity contribution in [3.8, 4) is 5.75 Å². The minimum atomic E-state index is 0.0889. The molecule has 0 aromatic heterocycles. The molecule has 3 nitrogen and oxygen atoms in total. The van der Waals surface area contributed by atoms with Crippen molar-refractivity contribution in [3.63, 3.8) is 0 Å². The predicted octanol–water partition coefficient (Wildman–Crippen LogP) is 2.43. The SMILES string of the molecule is CC(N)c1ccc(OCC2CCCN(C)C2)cc1. The molecule has 0 radical (unpaired) electrons. The Bertz CT molecular complexity index is 361. The standard InChI is InChI=1S/C15H24N2O/c1-12(16)14-5-7-15(8-6-14)18-11-13-4-3-9-17(2)10-13/h5-8,12-13H,3-4,9-11,16H2,1-2H3. The number of hydrogen-bond donors (Lipinski definition) is 1. The first-order valence-corrected chi connectivity index (χ1v) is 6.82. The van der Waals surface area contributed by atoms with Crippen LogP contribution in [0.2, 0.25) is 0 Å². The second-order valence-electron chi connectivity index (χ2n) is 5.44. The van der Waals surface area contributed by atoms with Gasteiger partial charge < -0.3 is 15.4 Å². The lowest BCUT2D eigenvalue weighted by molar-refractivity contribution is 0.150. The molecule has 2 unspecified atom stereocenters. The highest BCUT2D eigenvalue weighted by atomic mass is 16.5. The number of ether oxygens (including phenoxy) is 1. The zero-order valence-corrected chi connectivity index (χ0v) is 11.4. The minimum absolute atomic E-state index is 0.0889. The van der Waals surface area contributed by atoms with Crippen molar-refractivity contribution >= 4 is 0 Å². The molecule has 3 heteroatoms. The lowest BCUT2D eigenvalue weighted by Gasteiger charge is -2.29. The molecular weight excluding hydrogens is 224 g/mol. The normalized spacial score (nSPS) is 22.7. The molecule has 18 heavy (non-hydrogen) atoms. The van der Waals surface area contributed by atoms with Crippen LogP contribution in [-0.4, -0.2) is 31.6 Å². The zero-order valence-electron chi connectivity index (χ0n) is 11.4. The third-order valence-corrected chi connectivity index (χ3v) is 3.61. The van der Waals surface area contributed by atoms with Crippen molar-refractivity contribution in [1.82, 2.24) is 4.90 Å². The number of rotatable bonds is 4. The molecule has 1 saturated heterocycles. The maximum Gasteiger partial charge on any atom is 0.119 e. The Morgan fingerprint density at radius 2 is 2.11 bits per heavy atom. The van der Waals surface area contributed by atoms with Gasteiger partial charge in [0.15, 0.2) is 0 Å². The van der Waals surface area contributed by atoms with Gasteiger partial charge in [-0.05, 0) is 51.1 Å². The van der Waals surface area contributed by atoms with Gasteiger partial charge in [0.2, 0.25) is 0 Å². The molecule has 2 atom stereocenters. The molecule has 2 N–H and O–H groups in total. The van der Waals surface area contributed by atoms with Crippen molar-refractivity contribution in [3.05, 3.63) is 29.8 Å². The van der Waals surface area contributed by atoms with Crippen molar-refractivity contribution < 1.29 is 4.74 Å². The van der Waals surface area contributed by atoms with Gasteiger partial charge in [0, 0.05) is 18.5 Å². The first-order valence-electron chi connectivity index (χ1n) is 6.82. The summed E-state index contributed by atoms with van der Waals surface area (Å²) in [7, 11) is 2.18. The smallest absolute Gasteiger partial charge is 0.119 e. The van der Waals surface area contributed by atoms with E-state index in [0.29, 0.717) is 5.92 Å². The van der Waals surface area contributed by atoms with E-state index in [-0.39, 0.29) is 6.04 Å². The maximum atomic E-state index is 5.86. The van der Waals surface area contributed by atoms with Gasteiger partial charge in [-0.2, -0.15) is 0 Å². The zero-order chi connectivity index (χ0) is 13.0. The quantitative estimate of drug-likeness (QED) is 0.889. The van der Waals surface area contributed by atoms with Gasteiger partial charge in [0.05, 0.1) is 6.61 Å². The number of piperidine rings is 1. The summed E-state index contributed by atoms with van der Waals surface area (Å²) in [6.45, 7) is 5.19. The fourth-order valence-corrected chi connectivity index (χ4v) is 2.49. The molecule has 1 aromatic rings. The van der Waals surface area contributed by atoms with E-state index in [1.807, 2.05) is 31.2 Å². The van der Waals surface area contributed by atoms with Gasteiger partial charge in [0.1, 0.15) is 5.75 Å². The summed E-state index contributed by atoms with van der Waals surface area (Å²) < 4.78 is 5.86. The second kappa shape index (κ2) is 6.21. The highest BCUT2D eigenvalue weighted by Crippen LogP contribution is 2.19. The second-order valence-corrected chi connectivity index (χ2v) is 5.44. The minimum Gasteiger partial charge on any atom is -0.493 e.